The van der Waals surface area contributed by atoms with Gasteiger partial charge in [0.05, 0.1) is 12.7 Å². The number of ether oxygens (including phenoxy) is 1. The summed E-state index contributed by atoms with van der Waals surface area (Å²) in [6.45, 7) is 1.92. The van der Waals surface area contributed by atoms with Crippen LogP contribution in [-0.2, 0) is 14.3 Å². The van der Waals surface area contributed by atoms with E-state index in [9.17, 15) is 23.2 Å². The van der Waals surface area contributed by atoms with Gasteiger partial charge in [-0.2, -0.15) is 0 Å². The van der Waals surface area contributed by atoms with E-state index >= 15 is 0 Å². The van der Waals surface area contributed by atoms with Gasteiger partial charge in [-0.05, 0) is 63.3 Å². The van der Waals surface area contributed by atoms with Crippen LogP contribution in [-0.4, -0.2) is 55.7 Å². The summed E-state index contributed by atoms with van der Waals surface area (Å²) in [6.07, 6.45) is 2.87. The normalized spacial score (nSPS) is 20.8. The molecule has 0 spiro atoms. The molecule has 0 saturated heterocycles. The molecule has 4 rings (SSSR count). The third kappa shape index (κ3) is 6.98. The maximum atomic E-state index is 14.2. The van der Waals surface area contributed by atoms with Crippen molar-refractivity contribution in [2.75, 3.05) is 25.6 Å². The highest BCUT2D eigenvalue weighted by molar-refractivity contribution is 6.01. The smallest absolute Gasteiger partial charge is 0.339 e. The Morgan fingerprint density at radius 3 is 2.33 bits per heavy atom. The van der Waals surface area contributed by atoms with E-state index in [4.69, 9.17) is 4.74 Å². The molecule has 1 aliphatic heterocycles. The largest absolute Gasteiger partial charge is 0.465 e. The number of urea groups is 1. The zero-order valence-electron chi connectivity index (χ0n) is 22.8. The van der Waals surface area contributed by atoms with E-state index in [-0.39, 0.29) is 35.8 Å². The predicted octanol–water partition coefficient (Wildman–Crippen LogP) is 4.85. The van der Waals surface area contributed by atoms with E-state index in [1.165, 1.54) is 25.7 Å². The summed E-state index contributed by atoms with van der Waals surface area (Å²) in [5.74, 6) is -2.94. The molecule has 2 N–H and O–H groups in total. The number of rotatable bonds is 8. The number of amides is 3. The van der Waals surface area contributed by atoms with Gasteiger partial charge in [-0.1, -0.05) is 30.3 Å². The number of methoxy groups -OCH3 is 1. The Hall–Kier alpha value is -3.50. The van der Waals surface area contributed by atoms with E-state index in [0.717, 1.165) is 42.7 Å². The number of hydrogen-bond acceptors (Lipinski definition) is 5. The zero-order valence-corrected chi connectivity index (χ0v) is 23.6. The van der Waals surface area contributed by atoms with Crippen LogP contribution < -0.4 is 15.5 Å². The lowest BCUT2D eigenvalue weighted by atomic mass is 9.81. The molecule has 1 fully saturated rings. The average molecular weight is 577 g/mol. The Kier molecular flexibility index (Phi) is 10.6. The van der Waals surface area contributed by atoms with Crippen LogP contribution in [0, 0.1) is 11.6 Å². The van der Waals surface area contributed by atoms with Crippen molar-refractivity contribution < 1.29 is 27.9 Å². The monoisotopic (exact) mass is 576 g/mol. The minimum Gasteiger partial charge on any atom is -0.465 e. The standard InChI is InChI=1S/C29H34F2N4O4.ClH/c1-18-26(28(37)39-3)27(33-29(38)32-18)35(22-13-14-23(30)24(31)17-22)25(36)15-16-34(2)21-11-9-20(10-12-21)19-7-5-4-6-8-19;/h4-8,13-14,17,20-21,27H,9-12,15-16H2,1-3H3,(H2,32,33,38);1H. The minimum absolute atomic E-state index is 0. The van der Waals surface area contributed by atoms with Gasteiger partial charge in [-0.25, -0.2) is 18.4 Å². The lowest BCUT2D eigenvalue weighted by Gasteiger charge is -2.38. The fourth-order valence-corrected chi connectivity index (χ4v) is 5.47. The van der Waals surface area contributed by atoms with Crippen molar-refractivity contribution in [2.45, 2.75) is 57.2 Å². The predicted molar refractivity (Wildman–Crippen MR) is 150 cm³/mol. The molecule has 2 aromatic carbocycles. The van der Waals surface area contributed by atoms with Crippen molar-refractivity contribution >= 4 is 36.0 Å². The molecule has 40 heavy (non-hydrogen) atoms. The first-order valence-electron chi connectivity index (χ1n) is 13.1. The van der Waals surface area contributed by atoms with Crippen molar-refractivity contribution in [1.82, 2.24) is 15.5 Å². The van der Waals surface area contributed by atoms with E-state index in [2.05, 4.69) is 39.8 Å². The van der Waals surface area contributed by atoms with Gasteiger partial charge in [0, 0.05) is 36.5 Å². The van der Waals surface area contributed by atoms with E-state index in [1.807, 2.05) is 13.1 Å². The number of esters is 1. The van der Waals surface area contributed by atoms with Crippen molar-refractivity contribution in [2.24, 2.45) is 0 Å². The molecular weight excluding hydrogens is 542 g/mol. The molecule has 1 atom stereocenters. The summed E-state index contributed by atoms with van der Waals surface area (Å²) in [4.78, 5) is 41.9. The Morgan fingerprint density at radius 2 is 1.70 bits per heavy atom. The van der Waals surface area contributed by atoms with Gasteiger partial charge < -0.3 is 20.3 Å². The lowest BCUT2D eigenvalue weighted by Crippen LogP contribution is -2.59. The van der Waals surface area contributed by atoms with Crippen LogP contribution in [0.3, 0.4) is 0 Å². The summed E-state index contributed by atoms with van der Waals surface area (Å²) in [5.41, 5.74) is 1.54. The summed E-state index contributed by atoms with van der Waals surface area (Å²) in [5, 5.41) is 5.06. The molecule has 216 valence electrons. The summed E-state index contributed by atoms with van der Waals surface area (Å²) < 4.78 is 32.9. The highest BCUT2D eigenvalue weighted by Gasteiger charge is 2.38. The molecule has 2 aromatic rings. The van der Waals surface area contributed by atoms with Gasteiger partial charge in [0.1, 0.15) is 6.17 Å². The molecule has 1 saturated carbocycles. The molecular formula is C29H35ClF2N4O4. The summed E-state index contributed by atoms with van der Waals surface area (Å²) in [7, 11) is 3.15. The van der Waals surface area contributed by atoms with E-state index in [1.54, 1.807) is 0 Å². The topological polar surface area (TPSA) is 91.0 Å². The first-order valence-corrected chi connectivity index (χ1v) is 13.1. The SMILES string of the molecule is COC(=O)C1=C(C)NC(=O)NC1N(C(=O)CCN(C)C1CCC(c2ccccc2)CC1)c1ccc(F)c(F)c1.Cl. The van der Waals surface area contributed by atoms with Crippen LogP contribution in [0.25, 0.3) is 0 Å². The molecule has 1 unspecified atom stereocenters. The molecule has 0 bridgehead atoms. The molecule has 0 radical (unpaired) electrons. The fraction of sp³-hybridized carbons (Fsp3) is 0.414. The van der Waals surface area contributed by atoms with Crippen LogP contribution in [0.5, 0.6) is 0 Å². The Morgan fingerprint density at radius 1 is 1.02 bits per heavy atom. The van der Waals surface area contributed by atoms with Crippen molar-refractivity contribution in [1.29, 1.82) is 0 Å². The molecule has 2 aliphatic rings. The van der Waals surface area contributed by atoms with E-state index in [0.29, 0.717) is 18.5 Å². The summed E-state index contributed by atoms with van der Waals surface area (Å²) >= 11 is 0. The molecule has 1 aliphatic carbocycles. The third-order valence-corrected chi connectivity index (χ3v) is 7.63. The second-order valence-corrected chi connectivity index (χ2v) is 10.0. The number of carbonyl (C=O) groups is 3. The molecule has 11 heteroatoms. The first kappa shape index (κ1) is 31.0. The van der Waals surface area contributed by atoms with Crippen molar-refractivity contribution in [3.63, 3.8) is 0 Å². The van der Waals surface area contributed by atoms with Crippen LogP contribution in [0.15, 0.2) is 59.8 Å². The highest BCUT2D eigenvalue weighted by atomic mass is 35.5. The molecule has 1 heterocycles. The van der Waals surface area contributed by atoms with Crippen LogP contribution in [0.2, 0.25) is 0 Å². The number of carbonyl (C=O) groups excluding carboxylic acids is 3. The fourth-order valence-electron chi connectivity index (χ4n) is 5.47. The number of allylic oxidation sites excluding steroid dienone is 1. The Balaban J connectivity index is 0.00000441. The van der Waals surface area contributed by atoms with Crippen molar-refractivity contribution in [3.8, 4) is 0 Å². The van der Waals surface area contributed by atoms with Crippen LogP contribution in [0.1, 0.15) is 50.5 Å². The Bertz CT molecular complexity index is 1250. The van der Waals surface area contributed by atoms with Gasteiger partial charge >= 0.3 is 12.0 Å². The maximum absolute atomic E-state index is 14.2. The molecule has 0 aromatic heterocycles. The van der Waals surface area contributed by atoms with Gasteiger partial charge in [0.25, 0.3) is 0 Å². The first-order chi connectivity index (χ1) is 18.7. The maximum Gasteiger partial charge on any atom is 0.339 e. The van der Waals surface area contributed by atoms with Crippen LogP contribution in [0.4, 0.5) is 19.3 Å². The highest BCUT2D eigenvalue weighted by Crippen LogP contribution is 2.34. The molecule has 8 nitrogen and oxygen atoms in total. The summed E-state index contributed by atoms with van der Waals surface area (Å²) in [6, 6.07) is 13.2. The van der Waals surface area contributed by atoms with Gasteiger partial charge in [-0.15, -0.1) is 12.4 Å². The molecule has 3 amide bonds. The number of benzene rings is 2. The zero-order chi connectivity index (χ0) is 28.1. The van der Waals surface area contributed by atoms with Gasteiger partial charge in [0.15, 0.2) is 11.6 Å². The third-order valence-electron chi connectivity index (χ3n) is 7.63. The second kappa shape index (κ2) is 13.7. The quantitative estimate of drug-likeness (QED) is 0.438. The lowest BCUT2D eigenvalue weighted by molar-refractivity contribution is -0.136. The van der Waals surface area contributed by atoms with Gasteiger partial charge in [0.2, 0.25) is 5.91 Å². The van der Waals surface area contributed by atoms with Crippen LogP contribution >= 0.6 is 12.4 Å². The number of nitrogens with zero attached hydrogens (tertiary/aromatic N) is 2. The number of halogens is 3. The number of anilines is 1. The number of hydrogen-bond donors (Lipinski definition) is 2. The second-order valence-electron chi connectivity index (χ2n) is 10.0. The number of nitrogens with one attached hydrogen (secondary N) is 2. The van der Waals surface area contributed by atoms with Gasteiger partial charge in [-0.3, -0.25) is 9.69 Å². The van der Waals surface area contributed by atoms with E-state index < -0.39 is 35.7 Å². The average Bonchev–Trinajstić information content (AvgIpc) is 2.93. The minimum atomic E-state index is -1.27. The van der Waals surface area contributed by atoms with Crippen molar-refractivity contribution in [3.05, 3.63) is 77.0 Å². The Labute approximate surface area is 239 Å².